The van der Waals surface area contributed by atoms with E-state index in [0.717, 1.165) is 13.1 Å². The van der Waals surface area contributed by atoms with Crippen LogP contribution in [0.4, 0.5) is 0 Å². The van der Waals surface area contributed by atoms with Crippen LogP contribution in [0, 0.1) is 5.41 Å². The van der Waals surface area contributed by atoms with Gasteiger partial charge in [0.05, 0.1) is 0 Å². The van der Waals surface area contributed by atoms with Crippen LogP contribution in [0.1, 0.15) is 12.8 Å². The number of amidine groups is 1. The number of likely N-dealkylation sites (tertiary alicyclic amines) is 1. The second-order valence-corrected chi connectivity index (χ2v) is 2.81. The fraction of sp³-hybridized carbons (Fsp3) is 0.800. The Bertz CT molecular complexity index is 96.6. The van der Waals surface area contributed by atoms with Gasteiger partial charge in [0.25, 0.3) is 0 Å². The van der Waals surface area contributed by atoms with Crippen molar-refractivity contribution >= 4 is 20.7 Å². The van der Waals surface area contributed by atoms with E-state index in [9.17, 15) is 0 Å². The van der Waals surface area contributed by atoms with E-state index in [1.165, 1.54) is 12.8 Å². The first-order valence-electron chi connectivity index (χ1n) is 2.81. The molecule has 0 aliphatic carbocycles. The maximum absolute atomic E-state index is 7.16. The Morgan fingerprint density at radius 3 is 2.12 bits per heavy atom. The second-order valence-electron chi connectivity index (χ2n) is 2.00. The number of hydrogen-bond donors (Lipinski definition) is 1. The third kappa shape index (κ3) is 1.23. The van der Waals surface area contributed by atoms with Crippen LogP contribution in [0.15, 0.2) is 0 Å². The topological polar surface area (TPSA) is 27.1 Å². The van der Waals surface area contributed by atoms with Crippen molar-refractivity contribution in [3.05, 3.63) is 0 Å². The van der Waals surface area contributed by atoms with E-state index in [2.05, 4.69) is 20.9 Å². The van der Waals surface area contributed by atoms with Crippen molar-refractivity contribution in [2.75, 3.05) is 13.1 Å². The van der Waals surface area contributed by atoms with Gasteiger partial charge in [-0.15, -0.1) is 0 Å². The first kappa shape index (κ1) is 6.11. The van der Waals surface area contributed by atoms with Crippen molar-refractivity contribution in [3.63, 3.8) is 0 Å². The summed E-state index contributed by atoms with van der Waals surface area (Å²) in [5.74, 6) is 0. The molecule has 1 N–H and O–H groups in total. The summed E-state index contributed by atoms with van der Waals surface area (Å²) < 4.78 is 0.600. The zero-order chi connectivity index (χ0) is 5.98. The van der Waals surface area contributed by atoms with E-state index in [4.69, 9.17) is 5.41 Å². The number of nitrogens with zero attached hydrogens (tertiary/aromatic N) is 1. The zero-order valence-corrected chi connectivity index (χ0v) is 6.40. The van der Waals surface area contributed by atoms with E-state index in [1.54, 1.807) is 0 Å². The molecule has 8 heavy (non-hydrogen) atoms. The van der Waals surface area contributed by atoms with Crippen LogP contribution in [0.3, 0.4) is 0 Å². The maximum atomic E-state index is 7.16. The van der Waals surface area contributed by atoms with Crippen molar-refractivity contribution in [2.24, 2.45) is 0 Å². The molecule has 0 aromatic carbocycles. The van der Waals surface area contributed by atoms with Gasteiger partial charge >= 0.3 is 57.0 Å². The van der Waals surface area contributed by atoms with Crippen LogP contribution < -0.4 is 0 Å². The van der Waals surface area contributed by atoms with Crippen molar-refractivity contribution in [1.82, 2.24) is 4.90 Å². The molecule has 1 radical (unpaired) electrons. The Labute approximate surface area is 57.6 Å². The van der Waals surface area contributed by atoms with Gasteiger partial charge in [0.2, 0.25) is 0 Å². The molecule has 1 saturated heterocycles. The quantitative estimate of drug-likeness (QED) is 0.318. The molecule has 1 heterocycles. The minimum atomic E-state index is 0.600. The Kier molecular flexibility index (Phi) is 1.92. The standard InChI is InChI=1S/C5H9N2Se/c6-5(8)7-3-1-2-4-7/h6H,1-4H2. The molecule has 0 unspecified atom stereocenters. The SMILES string of the molecule is N=C([Se])N1CCCC1. The van der Waals surface area contributed by atoms with Gasteiger partial charge in [-0.3, -0.25) is 0 Å². The van der Waals surface area contributed by atoms with Crippen LogP contribution in [0.5, 0.6) is 0 Å². The van der Waals surface area contributed by atoms with Crippen LogP contribution in [-0.2, 0) is 0 Å². The van der Waals surface area contributed by atoms with E-state index in [-0.39, 0.29) is 0 Å². The molecule has 0 aromatic rings. The molecule has 0 saturated carbocycles. The van der Waals surface area contributed by atoms with Crippen LogP contribution in [0.25, 0.3) is 0 Å². The Hall–Kier alpha value is -0.0105. The first-order valence-corrected chi connectivity index (χ1v) is 3.67. The van der Waals surface area contributed by atoms with Gasteiger partial charge in [0.15, 0.2) is 0 Å². The van der Waals surface area contributed by atoms with Gasteiger partial charge in [0, 0.05) is 0 Å². The summed E-state index contributed by atoms with van der Waals surface area (Å²) in [5, 5.41) is 7.16. The number of nitrogens with one attached hydrogen (secondary N) is 1. The molecule has 0 atom stereocenters. The van der Waals surface area contributed by atoms with Crippen LogP contribution in [-0.4, -0.2) is 38.7 Å². The average molecular weight is 176 g/mol. The monoisotopic (exact) mass is 177 g/mol. The van der Waals surface area contributed by atoms with E-state index >= 15 is 0 Å². The fourth-order valence-electron chi connectivity index (χ4n) is 0.920. The first-order chi connectivity index (χ1) is 3.80. The van der Waals surface area contributed by atoms with Crippen molar-refractivity contribution < 1.29 is 0 Å². The van der Waals surface area contributed by atoms with Gasteiger partial charge in [-0.05, 0) is 0 Å². The van der Waals surface area contributed by atoms with E-state index < -0.39 is 0 Å². The van der Waals surface area contributed by atoms with E-state index in [0.29, 0.717) is 4.73 Å². The molecule has 0 amide bonds. The van der Waals surface area contributed by atoms with Crippen molar-refractivity contribution in [3.8, 4) is 0 Å². The predicted octanol–water partition coefficient (Wildman–Crippen LogP) is 0.185. The molecule has 1 aliphatic rings. The molecule has 45 valence electrons. The predicted molar refractivity (Wildman–Crippen MR) is 34.3 cm³/mol. The van der Waals surface area contributed by atoms with Gasteiger partial charge in [-0.2, -0.15) is 0 Å². The normalized spacial score (nSPS) is 19.2. The Balaban J connectivity index is 2.35. The van der Waals surface area contributed by atoms with Crippen molar-refractivity contribution in [1.29, 1.82) is 5.41 Å². The van der Waals surface area contributed by atoms with Crippen LogP contribution in [0.2, 0.25) is 0 Å². The van der Waals surface area contributed by atoms with Gasteiger partial charge in [-0.1, -0.05) is 0 Å². The zero-order valence-electron chi connectivity index (χ0n) is 4.68. The summed E-state index contributed by atoms with van der Waals surface area (Å²) in [5.41, 5.74) is 0. The molecule has 2 nitrogen and oxygen atoms in total. The van der Waals surface area contributed by atoms with E-state index in [1.807, 2.05) is 0 Å². The van der Waals surface area contributed by atoms with Gasteiger partial charge in [-0.25, -0.2) is 0 Å². The number of hydrogen-bond acceptors (Lipinski definition) is 1. The summed E-state index contributed by atoms with van der Waals surface area (Å²) >= 11 is 2.69. The summed E-state index contributed by atoms with van der Waals surface area (Å²) in [6.45, 7) is 2.15. The summed E-state index contributed by atoms with van der Waals surface area (Å²) in [4.78, 5) is 2.06. The molecular formula is C5H9N2Se. The molecule has 1 rings (SSSR count). The molecule has 0 spiro atoms. The van der Waals surface area contributed by atoms with Crippen LogP contribution >= 0.6 is 0 Å². The third-order valence-electron chi connectivity index (χ3n) is 1.39. The minimum absolute atomic E-state index is 0.600. The van der Waals surface area contributed by atoms with Crippen molar-refractivity contribution in [2.45, 2.75) is 12.8 Å². The third-order valence-corrected chi connectivity index (χ3v) is 1.93. The average Bonchev–Trinajstić information content (AvgIpc) is 2.12. The summed E-state index contributed by atoms with van der Waals surface area (Å²) in [6.07, 6.45) is 2.51. The molecule has 3 heteroatoms. The molecule has 1 aliphatic heterocycles. The molecule has 1 fully saturated rings. The Morgan fingerprint density at radius 1 is 1.38 bits per heavy atom. The van der Waals surface area contributed by atoms with Gasteiger partial charge in [0.1, 0.15) is 0 Å². The molecule has 0 bridgehead atoms. The molecule has 0 aromatic heterocycles. The fourth-order valence-corrected chi connectivity index (χ4v) is 1.30. The molecular weight excluding hydrogens is 167 g/mol. The Morgan fingerprint density at radius 2 is 1.88 bits per heavy atom. The summed E-state index contributed by atoms with van der Waals surface area (Å²) in [7, 11) is 0. The second kappa shape index (κ2) is 2.51. The summed E-state index contributed by atoms with van der Waals surface area (Å²) in [6, 6.07) is 0. The number of rotatable bonds is 0. The van der Waals surface area contributed by atoms with Gasteiger partial charge < -0.3 is 0 Å².